The monoisotopic (exact) mass is 289 g/mol. The average Bonchev–Trinajstić information content (AvgIpc) is 2.45. The third-order valence-corrected chi connectivity index (χ3v) is 2.85. The van der Waals surface area contributed by atoms with E-state index in [0.717, 1.165) is 5.56 Å². The minimum atomic E-state index is -0.648. The molecule has 6 heteroatoms. The van der Waals surface area contributed by atoms with Crippen molar-refractivity contribution in [1.29, 1.82) is 0 Å². The maximum absolute atomic E-state index is 13.5. The maximum atomic E-state index is 13.5. The van der Waals surface area contributed by atoms with E-state index in [1.165, 1.54) is 36.4 Å². The summed E-state index contributed by atoms with van der Waals surface area (Å²) in [5.74, 6) is -1.24. The van der Waals surface area contributed by atoms with Crippen LogP contribution in [0.25, 0.3) is 0 Å². The number of nitrogens with zero attached hydrogens (tertiary/aromatic N) is 1. The predicted molar refractivity (Wildman–Crippen MR) is 74.1 cm³/mol. The highest BCUT2D eigenvalue weighted by Crippen LogP contribution is 2.27. The van der Waals surface area contributed by atoms with Crippen LogP contribution in [0, 0.1) is 22.9 Å². The van der Waals surface area contributed by atoms with E-state index < -0.39 is 23.1 Å². The van der Waals surface area contributed by atoms with Gasteiger partial charge in [0.15, 0.2) is 12.4 Å². The van der Waals surface area contributed by atoms with E-state index in [1.54, 1.807) is 13.0 Å². The van der Waals surface area contributed by atoms with E-state index in [2.05, 4.69) is 0 Å². The number of ether oxygens (including phenoxy) is 1. The van der Waals surface area contributed by atoms with Crippen molar-refractivity contribution in [1.82, 2.24) is 0 Å². The van der Waals surface area contributed by atoms with Gasteiger partial charge in [0.05, 0.1) is 10.5 Å². The number of nitro groups is 1. The van der Waals surface area contributed by atoms with E-state index in [1.807, 2.05) is 0 Å². The average molecular weight is 289 g/mol. The Morgan fingerprint density at radius 2 is 2.00 bits per heavy atom. The Morgan fingerprint density at radius 3 is 2.67 bits per heavy atom. The van der Waals surface area contributed by atoms with Crippen molar-refractivity contribution in [2.45, 2.75) is 6.92 Å². The van der Waals surface area contributed by atoms with E-state index in [9.17, 15) is 19.3 Å². The van der Waals surface area contributed by atoms with Gasteiger partial charge in [0.2, 0.25) is 5.78 Å². The van der Waals surface area contributed by atoms with Crippen molar-refractivity contribution in [3.63, 3.8) is 0 Å². The van der Waals surface area contributed by atoms with E-state index in [-0.39, 0.29) is 17.0 Å². The quantitative estimate of drug-likeness (QED) is 0.481. The predicted octanol–water partition coefficient (Wildman–Crippen LogP) is 3.30. The largest absolute Gasteiger partial charge is 0.478 e. The Labute approximate surface area is 120 Å². The van der Waals surface area contributed by atoms with Crippen molar-refractivity contribution >= 4 is 11.5 Å². The number of nitro benzene ring substituents is 1. The molecule has 2 rings (SSSR count). The van der Waals surface area contributed by atoms with Gasteiger partial charge in [-0.25, -0.2) is 4.39 Å². The fraction of sp³-hybridized carbons (Fsp3) is 0.133. The SMILES string of the molecule is Cc1ccc([N+](=O)[O-])c(OCC(=O)c2ccccc2F)c1. The van der Waals surface area contributed by atoms with Gasteiger partial charge in [-0.05, 0) is 30.7 Å². The lowest BCUT2D eigenvalue weighted by molar-refractivity contribution is -0.385. The first kappa shape index (κ1) is 14.6. The molecule has 0 N–H and O–H groups in total. The van der Waals surface area contributed by atoms with E-state index in [0.29, 0.717) is 0 Å². The van der Waals surface area contributed by atoms with Crippen molar-refractivity contribution < 1.29 is 18.8 Å². The number of carbonyl (C=O) groups is 1. The zero-order valence-corrected chi connectivity index (χ0v) is 11.2. The van der Waals surface area contributed by atoms with Gasteiger partial charge in [-0.3, -0.25) is 14.9 Å². The molecule has 0 atom stereocenters. The second-order valence-electron chi connectivity index (χ2n) is 4.42. The van der Waals surface area contributed by atoms with E-state index in [4.69, 9.17) is 4.74 Å². The Kier molecular flexibility index (Phi) is 4.27. The standard InChI is InChI=1S/C15H12FNO4/c1-10-6-7-13(17(19)20)15(8-10)21-9-14(18)11-4-2-3-5-12(11)16/h2-8H,9H2,1H3. The molecule has 0 aliphatic heterocycles. The molecule has 0 radical (unpaired) electrons. The van der Waals surface area contributed by atoms with Crippen molar-refractivity contribution in [2.75, 3.05) is 6.61 Å². The van der Waals surface area contributed by atoms with Gasteiger partial charge in [-0.15, -0.1) is 0 Å². The van der Waals surface area contributed by atoms with Crippen LogP contribution in [0.3, 0.4) is 0 Å². The van der Waals surface area contributed by atoms with E-state index >= 15 is 0 Å². The fourth-order valence-corrected chi connectivity index (χ4v) is 1.80. The summed E-state index contributed by atoms with van der Waals surface area (Å²) in [5.41, 5.74) is 0.420. The summed E-state index contributed by atoms with van der Waals surface area (Å²) in [7, 11) is 0. The number of aryl methyl sites for hydroxylation is 1. The van der Waals surface area contributed by atoms with Gasteiger partial charge >= 0.3 is 5.69 Å². The van der Waals surface area contributed by atoms with Crippen LogP contribution in [0.1, 0.15) is 15.9 Å². The van der Waals surface area contributed by atoms with Gasteiger partial charge in [-0.1, -0.05) is 18.2 Å². The number of benzene rings is 2. The van der Waals surface area contributed by atoms with Gasteiger partial charge in [0.1, 0.15) is 5.82 Å². The first-order valence-corrected chi connectivity index (χ1v) is 6.14. The van der Waals surface area contributed by atoms with Gasteiger partial charge in [0.25, 0.3) is 0 Å². The Morgan fingerprint density at radius 1 is 1.29 bits per heavy atom. The maximum Gasteiger partial charge on any atom is 0.310 e. The number of hydrogen-bond acceptors (Lipinski definition) is 4. The fourth-order valence-electron chi connectivity index (χ4n) is 1.80. The smallest absolute Gasteiger partial charge is 0.310 e. The molecule has 0 aromatic heterocycles. The van der Waals surface area contributed by atoms with Crippen LogP contribution < -0.4 is 4.74 Å². The first-order chi connectivity index (χ1) is 9.99. The third-order valence-electron chi connectivity index (χ3n) is 2.85. The van der Waals surface area contributed by atoms with Crippen LogP contribution in [0.5, 0.6) is 5.75 Å². The summed E-state index contributed by atoms with van der Waals surface area (Å²) in [6.07, 6.45) is 0. The minimum Gasteiger partial charge on any atom is -0.478 e. The highest BCUT2D eigenvalue weighted by atomic mass is 19.1. The molecule has 0 spiro atoms. The molecule has 0 fully saturated rings. The van der Waals surface area contributed by atoms with Gasteiger partial charge in [-0.2, -0.15) is 0 Å². The molecule has 2 aromatic rings. The second kappa shape index (κ2) is 6.13. The number of Topliss-reactive ketones (excluding diaryl/α,β-unsaturated/α-hetero) is 1. The number of halogens is 1. The summed E-state index contributed by atoms with van der Waals surface area (Å²) in [5, 5.41) is 10.9. The Hall–Kier alpha value is -2.76. The molecule has 108 valence electrons. The summed E-state index contributed by atoms with van der Waals surface area (Å²) in [4.78, 5) is 22.2. The van der Waals surface area contributed by atoms with Gasteiger partial charge < -0.3 is 4.74 Å². The van der Waals surface area contributed by atoms with Crippen LogP contribution in [0.15, 0.2) is 42.5 Å². The van der Waals surface area contributed by atoms with Crippen LogP contribution in [0.4, 0.5) is 10.1 Å². The number of hydrogen-bond donors (Lipinski definition) is 0. The second-order valence-corrected chi connectivity index (χ2v) is 4.42. The first-order valence-electron chi connectivity index (χ1n) is 6.14. The number of carbonyl (C=O) groups excluding carboxylic acids is 1. The van der Waals surface area contributed by atoms with Crippen molar-refractivity contribution in [3.8, 4) is 5.75 Å². The molecule has 0 amide bonds. The molecule has 0 aliphatic rings. The molecule has 0 unspecified atom stereocenters. The van der Waals surface area contributed by atoms with Crippen molar-refractivity contribution in [2.24, 2.45) is 0 Å². The highest BCUT2D eigenvalue weighted by molar-refractivity contribution is 5.97. The lowest BCUT2D eigenvalue weighted by atomic mass is 10.1. The molecule has 5 nitrogen and oxygen atoms in total. The molecular weight excluding hydrogens is 277 g/mol. The molecule has 0 bridgehead atoms. The zero-order valence-electron chi connectivity index (χ0n) is 11.2. The molecule has 0 heterocycles. The molecular formula is C15H12FNO4. The van der Waals surface area contributed by atoms with Crippen LogP contribution in [-0.2, 0) is 0 Å². The number of rotatable bonds is 5. The highest BCUT2D eigenvalue weighted by Gasteiger charge is 2.17. The van der Waals surface area contributed by atoms with Crippen LogP contribution in [0.2, 0.25) is 0 Å². The van der Waals surface area contributed by atoms with Crippen LogP contribution >= 0.6 is 0 Å². The zero-order chi connectivity index (χ0) is 15.4. The topological polar surface area (TPSA) is 69.4 Å². The summed E-state index contributed by atoms with van der Waals surface area (Å²) in [6.45, 7) is 1.28. The van der Waals surface area contributed by atoms with Crippen LogP contribution in [-0.4, -0.2) is 17.3 Å². The summed E-state index contributed by atoms with van der Waals surface area (Å²) in [6, 6.07) is 9.85. The number of ketones is 1. The molecule has 21 heavy (non-hydrogen) atoms. The van der Waals surface area contributed by atoms with Gasteiger partial charge in [0, 0.05) is 6.07 Å². The molecule has 0 saturated carbocycles. The molecule has 0 saturated heterocycles. The normalized spacial score (nSPS) is 10.2. The molecule has 2 aromatic carbocycles. The van der Waals surface area contributed by atoms with Crippen molar-refractivity contribution in [3.05, 3.63) is 69.5 Å². The summed E-state index contributed by atoms with van der Waals surface area (Å²) >= 11 is 0. The lowest BCUT2D eigenvalue weighted by Gasteiger charge is -2.07. The third kappa shape index (κ3) is 3.42. The Bertz CT molecular complexity index is 700. The minimum absolute atomic E-state index is 0.00955. The molecule has 0 aliphatic carbocycles. The summed E-state index contributed by atoms with van der Waals surface area (Å²) < 4.78 is 18.6. The Balaban J connectivity index is 2.17. The lowest BCUT2D eigenvalue weighted by Crippen LogP contribution is -2.13.